The van der Waals surface area contributed by atoms with Crippen LogP contribution in [0.5, 0.6) is 0 Å². The highest BCUT2D eigenvalue weighted by Crippen LogP contribution is 2.15. The van der Waals surface area contributed by atoms with Gasteiger partial charge in [-0.1, -0.05) is 6.07 Å². The summed E-state index contributed by atoms with van der Waals surface area (Å²) in [5.74, 6) is -0.942. The van der Waals surface area contributed by atoms with Gasteiger partial charge < -0.3 is 5.32 Å². The second-order valence-electron chi connectivity index (χ2n) is 3.30. The summed E-state index contributed by atoms with van der Waals surface area (Å²) in [6, 6.07) is 8.75. The number of rotatable bonds is 3. The van der Waals surface area contributed by atoms with E-state index in [4.69, 9.17) is 0 Å². The lowest BCUT2D eigenvalue weighted by atomic mass is 10.3. The highest BCUT2D eigenvalue weighted by molar-refractivity contribution is 5.45. The van der Waals surface area contributed by atoms with Crippen molar-refractivity contribution < 1.29 is 8.78 Å². The Morgan fingerprint density at radius 2 is 2.00 bits per heavy atom. The molecule has 0 bridgehead atoms. The second-order valence-corrected chi connectivity index (χ2v) is 3.30. The van der Waals surface area contributed by atoms with Gasteiger partial charge in [0.1, 0.15) is 11.6 Å². The molecule has 0 fully saturated rings. The number of hydrogen-bond acceptors (Lipinski definition) is 2. The molecule has 0 unspecified atom stereocenters. The van der Waals surface area contributed by atoms with Crippen LogP contribution in [0.2, 0.25) is 0 Å². The number of pyridine rings is 1. The fraction of sp³-hybridized carbons (Fsp3) is 0.0833. The zero-order valence-corrected chi connectivity index (χ0v) is 8.45. The highest BCUT2D eigenvalue weighted by Gasteiger charge is 2.03. The first-order valence-electron chi connectivity index (χ1n) is 4.84. The molecule has 0 atom stereocenters. The lowest BCUT2D eigenvalue weighted by molar-refractivity contribution is 0.602. The highest BCUT2D eigenvalue weighted by atomic mass is 19.1. The maximum atomic E-state index is 13.2. The van der Waals surface area contributed by atoms with E-state index in [1.54, 1.807) is 12.3 Å². The van der Waals surface area contributed by atoms with Crippen molar-refractivity contribution in [3.8, 4) is 0 Å². The SMILES string of the molecule is Fc1ccc(F)c(NCc2ccccn2)c1. The smallest absolute Gasteiger partial charge is 0.146 e. The minimum Gasteiger partial charge on any atom is -0.377 e. The van der Waals surface area contributed by atoms with Gasteiger partial charge in [0.25, 0.3) is 0 Å². The molecule has 0 saturated heterocycles. The lowest BCUT2D eigenvalue weighted by Gasteiger charge is -2.06. The van der Waals surface area contributed by atoms with E-state index in [1.165, 1.54) is 0 Å². The van der Waals surface area contributed by atoms with Crippen molar-refractivity contribution in [2.75, 3.05) is 5.32 Å². The van der Waals surface area contributed by atoms with E-state index in [0.29, 0.717) is 6.54 Å². The Labute approximate surface area is 92.0 Å². The molecule has 0 aliphatic carbocycles. The average molecular weight is 220 g/mol. The van der Waals surface area contributed by atoms with Crippen LogP contribution in [-0.4, -0.2) is 4.98 Å². The molecule has 1 heterocycles. The van der Waals surface area contributed by atoms with Crippen LogP contribution in [0.15, 0.2) is 42.6 Å². The molecule has 0 radical (unpaired) electrons. The minimum atomic E-state index is -0.475. The Hall–Kier alpha value is -1.97. The molecule has 16 heavy (non-hydrogen) atoms. The fourth-order valence-electron chi connectivity index (χ4n) is 1.32. The van der Waals surface area contributed by atoms with Crippen LogP contribution >= 0.6 is 0 Å². The first-order chi connectivity index (χ1) is 7.75. The van der Waals surface area contributed by atoms with Gasteiger partial charge in [0.2, 0.25) is 0 Å². The normalized spacial score (nSPS) is 10.1. The van der Waals surface area contributed by atoms with E-state index in [9.17, 15) is 8.78 Å². The van der Waals surface area contributed by atoms with Gasteiger partial charge in [0.05, 0.1) is 17.9 Å². The van der Waals surface area contributed by atoms with Gasteiger partial charge in [0.15, 0.2) is 0 Å². The van der Waals surface area contributed by atoms with Crippen molar-refractivity contribution in [3.63, 3.8) is 0 Å². The molecule has 1 aromatic heterocycles. The molecule has 2 nitrogen and oxygen atoms in total. The van der Waals surface area contributed by atoms with E-state index in [1.807, 2.05) is 12.1 Å². The number of aromatic nitrogens is 1. The van der Waals surface area contributed by atoms with Gasteiger partial charge >= 0.3 is 0 Å². The molecule has 0 aliphatic rings. The molecule has 2 rings (SSSR count). The third kappa shape index (κ3) is 2.53. The quantitative estimate of drug-likeness (QED) is 0.860. The van der Waals surface area contributed by atoms with Gasteiger partial charge in [-0.15, -0.1) is 0 Å². The number of anilines is 1. The maximum absolute atomic E-state index is 13.2. The lowest BCUT2D eigenvalue weighted by Crippen LogP contribution is -2.03. The summed E-state index contributed by atoms with van der Waals surface area (Å²) in [6.45, 7) is 0.362. The summed E-state index contributed by atoms with van der Waals surface area (Å²) in [5, 5.41) is 2.79. The monoisotopic (exact) mass is 220 g/mol. The van der Waals surface area contributed by atoms with E-state index >= 15 is 0 Å². The zero-order chi connectivity index (χ0) is 11.4. The van der Waals surface area contributed by atoms with Gasteiger partial charge in [-0.2, -0.15) is 0 Å². The van der Waals surface area contributed by atoms with Crippen molar-refractivity contribution >= 4 is 5.69 Å². The van der Waals surface area contributed by atoms with Crippen LogP contribution in [0.3, 0.4) is 0 Å². The average Bonchev–Trinajstić information content (AvgIpc) is 2.32. The zero-order valence-electron chi connectivity index (χ0n) is 8.45. The van der Waals surface area contributed by atoms with Gasteiger partial charge in [-0.25, -0.2) is 8.78 Å². The second kappa shape index (κ2) is 4.70. The van der Waals surface area contributed by atoms with Crippen molar-refractivity contribution in [1.82, 2.24) is 4.98 Å². The standard InChI is InChI=1S/C12H10F2N2/c13-9-4-5-11(14)12(7-9)16-8-10-3-1-2-6-15-10/h1-7,16H,8H2. The maximum Gasteiger partial charge on any atom is 0.146 e. The van der Waals surface area contributed by atoms with E-state index < -0.39 is 11.6 Å². The van der Waals surface area contributed by atoms with Crippen molar-refractivity contribution in [1.29, 1.82) is 0 Å². The molecule has 0 spiro atoms. The van der Waals surface area contributed by atoms with Crippen molar-refractivity contribution in [2.24, 2.45) is 0 Å². The predicted octanol–water partition coefficient (Wildman–Crippen LogP) is 2.97. The third-order valence-electron chi connectivity index (χ3n) is 2.11. The van der Waals surface area contributed by atoms with Crippen LogP contribution < -0.4 is 5.32 Å². The van der Waals surface area contributed by atoms with Gasteiger partial charge in [0, 0.05) is 6.20 Å². The molecule has 2 aromatic rings. The molecule has 1 N–H and O–H groups in total. The number of nitrogens with one attached hydrogen (secondary N) is 1. The molecule has 0 amide bonds. The molecule has 1 aromatic carbocycles. The molecule has 0 saturated carbocycles. The summed E-state index contributed by atoms with van der Waals surface area (Å²) < 4.78 is 26.1. The van der Waals surface area contributed by atoms with E-state index in [2.05, 4.69) is 10.3 Å². The Kier molecular flexibility index (Phi) is 3.10. The van der Waals surface area contributed by atoms with Crippen LogP contribution in [-0.2, 0) is 6.54 Å². The number of benzene rings is 1. The minimum absolute atomic E-state index is 0.144. The molecule has 0 aliphatic heterocycles. The topological polar surface area (TPSA) is 24.9 Å². The summed E-state index contributed by atoms with van der Waals surface area (Å²) >= 11 is 0. The van der Waals surface area contributed by atoms with Crippen LogP contribution in [0.25, 0.3) is 0 Å². The van der Waals surface area contributed by atoms with Gasteiger partial charge in [-0.05, 0) is 30.3 Å². The third-order valence-corrected chi connectivity index (χ3v) is 2.11. The Morgan fingerprint density at radius 3 is 2.75 bits per heavy atom. The first-order valence-corrected chi connectivity index (χ1v) is 4.84. The van der Waals surface area contributed by atoms with E-state index in [0.717, 1.165) is 23.9 Å². The molecular weight excluding hydrogens is 210 g/mol. The van der Waals surface area contributed by atoms with Crippen molar-refractivity contribution in [3.05, 3.63) is 59.9 Å². The van der Waals surface area contributed by atoms with Crippen LogP contribution in [0.1, 0.15) is 5.69 Å². The number of nitrogens with zero attached hydrogens (tertiary/aromatic N) is 1. The molecule has 82 valence electrons. The van der Waals surface area contributed by atoms with Crippen LogP contribution in [0.4, 0.5) is 14.5 Å². The Morgan fingerprint density at radius 1 is 1.12 bits per heavy atom. The van der Waals surface area contributed by atoms with Crippen molar-refractivity contribution in [2.45, 2.75) is 6.54 Å². The predicted molar refractivity (Wildman–Crippen MR) is 57.9 cm³/mol. The molecule has 4 heteroatoms. The molecular formula is C12H10F2N2. The summed E-state index contributed by atoms with van der Waals surface area (Å²) in [4.78, 5) is 4.07. The van der Waals surface area contributed by atoms with Crippen LogP contribution in [0, 0.1) is 11.6 Å². The van der Waals surface area contributed by atoms with Gasteiger partial charge in [-0.3, -0.25) is 4.98 Å². The Balaban J connectivity index is 2.08. The van der Waals surface area contributed by atoms with E-state index in [-0.39, 0.29) is 5.69 Å². The number of halogens is 2. The summed E-state index contributed by atoms with van der Waals surface area (Å²) in [7, 11) is 0. The number of hydrogen-bond donors (Lipinski definition) is 1. The summed E-state index contributed by atoms with van der Waals surface area (Å²) in [5.41, 5.74) is 0.914. The summed E-state index contributed by atoms with van der Waals surface area (Å²) in [6.07, 6.45) is 1.65. The first kappa shape index (κ1) is 10.5. The largest absolute Gasteiger partial charge is 0.377 e. The Bertz CT molecular complexity index is 472. The fourth-order valence-corrected chi connectivity index (χ4v) is 1.32.